The molecule has 3 aliphatic carbocycles. The summed E-state index contributed by atoms with van der Waals surface area (Å²) in [6.07, 6.45) is -46.5. The molecule has 18 heterocycles. The number of methoxy groups -OCH3 is 13. The first-order chi connectivity index (χ1) is 54.5. The molecule has 40 heteroatoms. The first kappa shape index (κ1) is 94.7. The van der Waals surface area contributed by atoms with E-state index in [-0.39, 0.29) is 52.7 Å². The molecule has 21 rings (SSSR count). The Bertz CT molecular complexity index is 3000. The molecule has 0 amide bonds. The fourth-order valence-corrected chi connectivity index (χ4v) is 17.3. The number of hydrogen-bond acceptors (Lipinski definition) is 40. The minimum atomic E-state index is -1.77. The zero-order chi connectivity index (χ0) is 83.7. The van der Waals surface area contributed by atoms with Gasteiger partial charge in [0.1, 0.15) is 116 Å². The second-order valence-corrected chi connectivity index (χ2v) is 29.3. The molecule has 21 fully saturated rings. The van der Waals surface area contributed by atoms with Gasteiger partial charge in [0.2, 0.25) is 0 Å². The largest absolute Gasteiger partial charge is 0.459 e. The number of carbonyl (C=O) groups excluding carboxylic acids is 7. The van der Waals surface area contributed by atoms with Crippen molar-refractivity contribution in [3.63, 3.8) is 0 Å². The molecule has 18 aliphatic heterocycles. The maximum absolute atomic E-state index is 13.7. The van der Waals surface area contributed by atoms with E-state index in [0.29, 0.717) is 0 Å². The van der Waals surface area contributed by atoms with Crippen LogP contribution in [0.15, 0.2) is 0 Å². The summed E-state index contributed by atoms with van der Waals surface area (Å²) in [5, 5.41) is 24.9. The molecule has 0 spiro atoms. The van der Waals surface area contributed by atoms with Crippen LogP contribution in [-0.2, 0) is 180 Å². The van der Waals surface area contributed by atoms with E-state index in [0.717, 1.165) is 41.5 Å². The van der Waals surface area contributed by atoms with Gasteiger partial charge in [-0.25, -0.2) is 0 Å². The van der Waals surface area contributed by atoms with E-state index < -0.39 is 274 Å². The fraction of sp³-hybridized carbons (Fsp3) is 0.905. The number of ether oxygens (including phenoxy) is 31. The van der Waals surface area contributed by atoms with Crippen LogP contribution >= 0.6 is 0 Å². The summed E-state index contributed by atoms with van der Waals surface area (Å²) in [5.74, 6) is -11.1. The van der Waals surface area contributed by atoms with Crippen LogP contribution in [0.3, 0.4) is 0 Å². The molecule has 656 valence electrons. The minimum Gasteiger partial charge on any atom is -0.459 e. The summed E-state index contributed by atoms with van der Waals surface area (Å²) < 4.78 is 199. The van der Waals surface area contributed by atoms with Crippen LogP contribution in [0.25, 0.3) is 0 Å². The molecule has 0 aromatic carbocycles. The van der Waals surface area contributed by atoms with Crippen molar-refractivity contribution in [2.75, 3.05) is 145 Å². The van der Waals surface area contributed by atoms with Crippen molar-refractivity contribution >= 4 is 41.8 Å². The van der Waals surface area contributed by atoms with E-state index in [1.807, 2.05) is 0 Å². The zero-order valence-corrected chi connectivity index (χ0v) is 68.6. The van der Waals surface area contributed by atoms with Gasteiger partial charge in [0.25, 0.3) is 0 Å². The maximum Gasteiger partial charge on any atom is 0.303 e. The summed E-state index contributed by atoms with van der Waals surface area (Å²) in [6, 6.07) is 0. The van der Waals surface area contributed by atoms with E-state index in [4.69, 9.17) is 147 Å². The van der Waals surface area contributed by atoms with Gasteiger partial charge in [-0.15, -0.1) is 0 Å². The van der Waals surface area contributed by atoms with Crippen LogP contribution in [0.2, 0.25) is 0 Å². The summed E-state index contributed by atoms with van der Waals surface area (Å²) in [5.41, 5.74) is 0. The third kappa shape index (κ3) is 22.1. The molecule has 2 N–H and O–H groups in total. The Balaban J connectivity index is 1.35. The molecule has 0 aromatic heterocycles. The van der Waals surface area contributed by atoms with Crippen LogP contribution < -0.4 is 0 Å². The predicted molar refractivity (Wildman–Crippen MR) is 378 cm³/mol. The van der Waals surface area contributed by atoms with E-state index in [9.17, 15) is 43.8 Å². The second-order valence-electron chi connectivity index (χ2n) is 29.3. The molecule has 37 atom stereocenters. The smallest absolute Gasteiger partial charge is 0.303 e. The molecule has 3 saturated carbocycles. The predicted octanol–water partition coefficient (Wildman–Crippen LogP) is -1.28. The Morgan fingerprint density at radius 3 is 0.947 bits per heavy atom. The van der Waals surface area contributed by atoms with Gasteiger partial charge < -0.3 is 157 Å². The van der Waals surface area contributed by atoms with Crippen LogP contribution in [0.4, 0.5) is 0 Å². The van der Waals surface area contributed by atoms with E-state index in [1.165, 1.54) is 99.4 Å². The van der Waals surface area contributed by atoms with Crippen molar-refractivity contribution in [2.45, 2.75) is 258 Å². The summed E-state index contributed by atoms with van der Waals surface area (Å²) in [4.78, 5) is 95.6. The zero-order valence-electron chi connectivity index (χ0n) is 68.6. The van der Waals surface area contributed by atoms with Gasteiger partial charge in [0.05, 0.1) is 77.1 Å². The average Bonchev–Trinajstić information content (AvgIpc) is 0.755. The highest BCUT2D eigenvalue weighted by atomic mass is 16.8. The lowest BCUT2D eigenvalue weighted by molar-refractivity contribution is -0.380. The fourth-order valence-electron chi connectivity index (χ4n) is 17.3. The minimum absolute atomic E-state index is 0.0539. The van der Waals surface area contributed by atoms with Gasteiger partial charge in [0, 0.05) is 159 Å². The lowest BCUT2D eigenvalue weighted by Gasteiger charge is -2.54. The molecular weight excluding hydrogens is 1530 g/mol. The summed E-state index contributed by atoms with van der Waals surface area (Å²) in [6.45, 7) is 7.02. The number of rotatable bonds is 28. The van der Waals surface area contributed by atoms with Crippen LogP contribution in [0, 0.1) is 29.6 Å². The van der Waals surface area contributed by atoms with Crippen molar-refractivity contribution in [2.24, 2.45) is 29.6 Å². The normalized spacial score (nSPS) is 42.1. The molecule has 0 aromatic rings. The van der Waals surface area contributed by atoms with Gasteiger partial charge in [-0.1, -0.05) is 6.92 Å². The van der Waals surface area contributed by atoms with Crippen molar-refractivity contribution < 1.29 is 191 Å². The first-order valence-corrected chi connectivity index (χ1v) is 37.8. The Morgan fingerprint density at radius 1 is 0.281 bits per heavy atom. The molecule has 21 aliphatic rings. The van der Waals surface area contributed by atoms with Crippen molar-refractivity contribution in [1.29, 1.82) is 0 Å². The third-order valence-electron chi connectivity index (χ3n) is 21.8. The number of esters is 7. The first-order valence-electron chi connectivity index (χ1n) is 37.8. The lowest BCUT2D eigenvalue weighted by atomic mass is 9.73. The highest BCUT2D eigenvalue weighted by Crippen LogP contribution is 2.47. The lowest BCUT2D eigenvalue weighted by Crippen LogP contribution is -2.70. The molecule has 0 radical (unpaired) electrons. The van der Waals surface area contributed by atoms with Gasteiger partial charge in [-0.2, -0.15) is 0 Å². The SMILES string of the molecule is COC[C@H]1C[C@@H]2O[C@H]3[C@H](OC(C)=O)[C@@H](OC)[C@@H](O[C@H]4[C@H](OC(C)=O)[C@@H](OC)[C@@H](O[C@@H]5[C@@H](COC)[C@@H](C)[C@H](O[C@H]6[C@H](OC(C)=O)[C@@H](CO)[C@@H](O[C@@H]7[C@@H](COC)[C@H](O)[C@H](O[C@H]8[C@H](OC(C)=O)[C@@H](OC)[C@@H](O[C@H]1[C@H](OC(C)=O)[C@H]2OC)O[C@@H]8COC)C(OC)[C@H]7OC(C)=O)O[C@@H]6COC)[C@H](OC)[C@H]5OC(C)=O)O[C@@H]4COC)O[C@@H]3COC. The number of aliphatic hydroxyl groups is 2. The molecule has 40 nitrogen and oxygen atoms in total. The molecule has 114 heavy (non-hydrogen) atoms. The number of carbonyl (C=O) groups is 7. The van der Waals surface area contributed by atoms with Crippen molar-refractivity contribution in [3.8, 4) is 0 Å². The van der Waals surface area contributed by atoms with Gasteiger partial charge >= 0.3 is 41.8 Å². The topological polar surface area (TPSA) is 446 Å². The highest BCUT2D eigenvalue weighted by molar-refractivity contribution is 5.68. The third-order valence-corrected chi connectivity index (χ3v) is 21.8. The molecule has 1 unspecified atom stereocenters. The molecule has 14 bridgehead atoms. The van der Waals surface area contributed by atoms with Gasteiger partial charge in [0.15, 0.2) is 61.8 Å². The van der Waals surface area contributed by atoms with E-state index in [2.05, 4.69) is 0 Å². The van der Waals surface area contributed by atoms with Gasteiger partial charge in [-0.3, -0.25) is 33.6 Å². The number of aliphatic hydroxyl groups excluding tert-OH is 2. The maximum atomic E-state index is 13.7. The van der Waals surface area contributed by atoms with E-state index >= 15 is 0 Å². The summed E-state index contributed by atoms with van der Waals surface area (Å²) in [7, 11) is 17.5. The standard InChI is InChI=1S/C74H120O40/c1-31-41(25-85-10)52-63(99-34(4)78)60(92-17)49(31)109-55-44(27-87-12)105-71(40(23-75)51(55)97-32(2)76)112-53-42(26-86-11)48(83)59(61(93-18)64(53)100-35(5)79)110-57-46(29-89-14)107-72(69(95-20)66(57)102-37(7)81)111-50-39(24-84-9)22-43(54(91-16)62(50)98-33(3)77)104-56-45(28-88-13)106-74(68(94-19)65(56)101-36(6)80)114-58-47(30-90-15)108-73(113-52)70(96-21)67(58)103-38(8)82/h31,39-75,83H,22-30H2,1-21H3/t31-,39-,40-,41+,42+,43+,44-,45-,46-,47-,48+,49+,50-,51-,52-,53-,54+,55-,56-,57-,58-,59+,60+,61?,62+,63+,64+,65+,66+,67+,68-,69-,70-,71-,72-,73-,74-/m1/s1. The monoisotopic (exact) mass is 1650 g/mol. The Hall–Kier alpha value is -4.75. The van der Waals surface area contributed by atoms with Gasteiger partial charge in [-0.05, 0) is 12.3 Å². The van der Waals surface area contributed by atoms with Crippen LogP contribution in [-0.4, -0.2) is 393 Å². The van der Waals surface area contributed by atoms with Crippen molar-refractivity contribution in [3.05, 3.63) is 0 Å². The van der Waals surface area contributed by atoms with E-state index in [1.54, 1.807) is 6.92 Å². The van der Waals surface area contributed by atoms with Crippen molar-refractivity contribution in [1.82, 2.24) is 0 Å². The summed E-state index contributed by atoms with van der Waals surface area (Å²) >= 11 is 0. The quantitative estimate of drug-likeness (QED) is 0.0681. The number of hydrogen-bond donors (Lipinski definition) is 2. The van der Waals surface area contributed by atoms with Crippen LogP contribution in [0.5, 0.6) is 0 Å². The Kier molecular flexibility index (Phi) is 37.0. The molecular formula is C74H120O40. The van der Waals surface area contributed by atoms with Crippen LogP contribution in [0.1, 0.15) is 61.8 Å². The second kappa shape index (κ2) is 44.5. The highest BCUT2D eigenvalue weighted by Gasteiger charge is 2.65. The Morgan fingerprint density at radius 2 is 0.570 bits per heavy atom. The average molecular weight is 1650 g/mol. The molecule has 18 saturated heterocycles. The Labute approximate surface area is 663 Å².